The van der Waals surface area contributed by atoms with Gasteiger partial charge in [0.15, 0.2) is 3.97 Å². The zero-order chi connectivity index (χ0) is 12.7. The molecule has 0 aromatic carbocycles. The Bertz CT molecular complexity index is 181. The molecule has 6 heteroatoms. The van der Waals surface area contributed by atoms with Crippen molar-refractivity contribution in [2.24, 2.45) is 0 Å². The molecule has 98 valence electrons. The number of alkyl halides is 2. The van der Waals surface area contributed by atoms with Crippen LogP contribution >= 0.6 is 27.5 Å². The standard InChI is InChI=1S/C10H22BrClO3Si/c1-5-8-9-16(13-6-2,14-7-3)15-10(4,11)12/h5-9H2,1-4H3. The molecular weight excluding hydrogens is 312 g/mol. The van der Waals surface area contributed by atoms with Gasteiger partial charge in [0, 0.05) is 19.3 Å². The monoisotopic (exact) mass is 332 g/mol. The second kappa shape index (κ2) is 8.05. The van der Waals surface area contributed by atoms with Crippen molar-refractivity contribution in [3.63, 3.8) is 0 Å². The molecule has 1 unspecified atom stereocenters. The Morgan fingerprint density at radius 1 is 1.19 bits per heavy atom. The van der Waals surface area contributed by atoms with Crippen LogP contribution in [0.4, 0.5) is 0 Å². The molecule has 1 atom stereocenters. The molecule has 0 amide bonds. The van der Waals surface area contributed by atoms with E-state index in [1.807, 2.05) is 13.8 Å². The van der Waals surface area contributed by atoms with Crippen molar-refractivity contribution < 1.29 is 13.3 Å². The topological polar surface area (TPSA) is 27.7 Å². The zero-order valence-electron chi connectivity index (χ0n) is 10.5. The lowest BCUT2D eigenvalue weighted by Gasteiger charge is -2.33. The lowest BCUT2D eigenvalue weighted by atomic mass is 10.4. The first-order valence-corrected chi connectivity index (χ1v) is 8.85. The number of halogens is 2. The number of hydrogen-bond donors (Lipinski definition) is 0. The molecule has 0 saturated carbocycles. The normalized spacial score (nSPS) is 16.1. The zero-order valence-corrected chi connectivity index (χ0v) is 13.9. The molecule has 0 rings (SSSR count). The summed E-state index contributed by atoms with van der Waals surface area (Å²) in [5, 5.41) is 0. The highest BCUT2D eigenvalue weighted by Crippen LogP contribution is 2.32. The lowest BCUT2D eigenvalue weighted by Crippen LogP contribution is -2.49. The van der Waals surface area contributed by atoms with Gasteiger partial charge in [-0.15, -0.1) is 0 Å². The SMILES string of the molecule is CCCC[Si](OCC)(OCC)OC(C)(Cl)Br. The maximum atomic E-state index is 6.04. The van der Waals surface area contributed by atoms with E-state index in [9.17, 15) is 0 Å². The quantitative estimate of drug-likeness (QED) is 0.469. The van der Waals surface area contributed by atoms with Gasteiger partial charge < -0.3 is 13.3 Å². The van der Waals surface area contributed by atoms with Crippen LogP contribution in [-0.4, -0.2) is 26.0 Å². The fraction of sp³-hybridized carbons (Fsp3) is 1.00. The van der Waals surface area contributed by atoms with Crippen molar-refractivity contribution in [2.75, 3.05) is 13.2 Å². The first-order chi connectivity index (χ1) is 7.39. The van der Waals surface area contributed by atoms with E-state index in [0.717, 1.165) is 18.9 Å². The molecule has 0 N–H and O–H groups in total. The van der Waals surface area contributed by atoms with Gasteiger partial charge in [-0.3, -0.25) is 0 Å². The summed E-state index contributed by atoms with van der Waals surface area (Å²) in [6.45, 7) is 8.91. The van der Waals surface area contributed by atoms with Gasteiger partial charge in [-0.2, -0.15) is 0 Å². The summed E-state index contributed by atoms with van der Waals surface area (Å²) >= 11 is 9.30. The van der Waals surface area contributed by atoms with E-state index in [-0.39, 0.29) is 0 Å². The Morgan fingerprint density at radius 3 is 2.00 bits per heavy atom. The fourth-order valence-electron chi connectivity index (χ4n) is 1.40. The van der Waals surface area contributed by atoms with Crippen LogP contribution in [0.5, 0.6) is 0 Å². The van der Waals surface area contributed by atoms with Gasteiger partial charge in [-0.25, -0.2) is 0 Å². The fourth-order valence-corrected chi connectivity index (χ4v) is 5.30. The molecule has 0 aliphatic rings. The van der Waals surface area contributed by atoms with Crippen LogP contribution in [0, 0.1) is 0 Å². The highest BCUT2D eigenvalue weighted by atomic mass is 79.9. The molecule has 0 spiro atoms. The number of rotatable bonds is 9. The van der Waals surface area contributed by atoms with Crippen LogP contribution in [-0.2, 0) is 13.3 Å². The first-order valence-electron chi connectivity index (χ1n) is 5.75. The van der Waals surface area contributed by atoms with E-state index in [1.165, 1.54) is 0 Å². The summed E-state index contributed by atoms with van der Waals surface area (Å²) < 4.78 is 16.3. The molecule has 0 radical (unpaired) electrons. The van der Waals surface area contributed by atoms with E-state index in [2.05, 4.69) is 22.9 Å². The van der Waals surface area contributed by atoms with E-state index < -0.39 is 12.8 Å². The molecular formula is C10H22BrClO3Si. The highest BCUT2D eigenvalue weighted by molar-refractivity contribution is 9.10. The predicted octanol–water partition coefficient (Wildman–Crippen LogP) is 4.12. The largest absolute Gasteiger partial charge is 0.502 e. The van der Waals surface area contributed by atoms with Crippen LogP contribution in [0.3, 0.4) is 0 Å². The van der Waals surface area contributed by atoms with Gasteiger partial charge >= 0.3 is 8.80 Å². The Hall–Kier alpha value is 0.867. The summed E-state index contributed by atoms with van der Waals surface area (Å²) in [4.78, 5) is 0. The van der Waals surface area contributed by atoms with Gasteiger partial charge in [0.2, 0.25) is 0 Å². The van der Waals surface area contributed by atoms with E-state index in [0.29, 0.717) is 13.2 Å². The molecule has 0 aliphatic heterocycles. The molecule has 0 heterocycles. The van der Waals surface area contributed by atoms with Crippen LogP contribution in [0.1, 0.15) is 40.5 Å². The van der Waals surface area contributed by atoms with Crippen molar-refractivity contribution in [2.45, 2.75) is 50.6 Å². The summed E-state index contributed by atoms with van der Waals surface area (Å²) in [7, 11) is -2.63. The van der Waals surface area contributed by atoms with Crippen molar-refractivity contribution in [3.05, 3.63) is 0 Å². The third-order valence-corrected chi connectivity index (χ3v) is 5.71. The van der Waals surface area contributed by atoms with Crippen molar-refractivity contribution >= 4 is 36.3 Å². The molecule has 0 fully saturated rings. The average Bonchev–Trinajstić information content (AvgIpc) is 2.13. The maximum absolute atomic E-state index is 6.04. The number of hydrogen-bond acceptors (Lipinski definition) is 3. The minimum Gasteiger partial charge on any atom is -0.374 e. The minimum absolute atomic E-state index is 0.579. The third kappa shape index (κ3) is 7.24. The molecule has 3 nitrogen and oxygen atoms in total. The Labute approximate surface area is 113 Å². The Morgan fingerprint density at radius 2 is 1.69 bits per heavy atom. The third-order valence-electron chi connectivity index (χ3n) is 1.90. The molecule has 0 aromatic heterocycles. The lowest BCUT2D eigenvalue weighted by molar-refractivity contribution is 0.0531. The summed E-state index contributed by atoms with van der Waals surface area (Å²) in [5.41, 5.74) is 0. The van der Waals surface area contributed by atoms with Crippen molar-refractivity contribution in [1.82, 2.24) is 0 Å². The predicted molar refractivity (Wildman–Crippen MR) is 73.0 cm³/mol. The Kier molecular flexibility index (Phi) is 8.49. The highest BCUT2D eigenvalue weighted by Gasteiger charge is 2.44. The van der Waals surface area contributed by atoms with E-state index >= 15 is 0 Å². The summed E-state index contributed by atoms with van der Waals surface area (Å²) in [6, 6.07) is 0.805. The van der Waals surface area contributed by atoms with Crippen molar-refractivity contribution in [1.29, 1.82) is 0 Å². The van der Waals surface area contributed by atoms with Crippen LogP contribution in [0.2, 0.25) is 6.04 Å². The smallest absolute Gasteiger partial charge is 0.374 e. The Balaban J connectivity index is 4.62. The van der Waals surface area contributed by atoms with Gasteiger partial charge in [0.25, 0.3) is 0 Å². The van der Waals surface area contributed by atoms with Gasteiger partial charge in [-0.1, -0.05) is 24.9 Å². The second-order valence-electron chi connectivity index (χ2n) is 3.56. The van der Waals surface area contributed by atoms with E-state index in [1.54, 1.807) is 6.92 Å². The summed E-state index contributed by atoms with van der Waals surface area (Å²) in [6.07, 6.45) is 2.10. The first kappa shape index (κ1) is 16.9. The summed E-state index contributed by atoms with van der Waals surface area (Å²) in [5.74, 6) is 0. The van der Waals surface area contributed by atoms with Gasteiger partial charge in [-0.05, 0) is 43.1 Å². The average molecular weight is 334 g/mol. The molecule has 0 saturated heterocycles. The van der Waals surface area contributed by atoms with Crippen molar-refractivity contribution in [3.8, 4) is 0 Å². The van der Waals surface area contributed by atoms with Crippen LogP contribution in [0.15, 0.2) is 0 Å². The molecule has 0 aromatic rings. The maximum Gasteiger partial charge on any atom is 0.502 e. The molecule has 0 bridgehead atoms. The van der Waals surface area contributed by atoms with E-state index in [4.69, 9.17) is 24.9 Å². The van der Waals surface area contributed by atoms with Gasteiger partial charge in [0.1, 0.15) is 0 Å². The van der Waals surface area contributed by atoms with Crippen LogP contribution in [0.25, 0.3) is 0 Å². The second-order valence-corrected chi connectivity index (χ2v) is 8.90. The minimum atomic E-state index is -2.63. The van der Waals surface area contributed by atoms with Crippen LogP contribution < -0.4 is 0 Å². The molecule has 16 heavy (non-hydrogen) atoms. The molecule has 0 aliphatic carbocycles. The number of unbranched alkanes of at least 4 members (excludes halogenated alkanes) is 1. The van der Waals surface area contributed by atoms with Gasteiger partial charge in [0.05, 0.1) is 0 Å².